The number of rotatable bonds is 10. The Bertz CT molecular complexity index is 653. The predicted octanol–water partition coefficient (Wildman–Crippen LogP) is 7.07. The van der Waals surface area contributed by atoms with Gasteiger partial charge in [0.25, 0.3) is 0 Å². The van der Waals surface area contributed by atoms with Gasteiger partial charge in [0.2, 0.25) is 0 Å². The van der Waals surface area contributed by atoms with Crippen LogP contribution in [0.25, 0.3) is 0 Å². The average molecular weight is 411 g/mol. The normalized spacial score (nSPS) is 24.2. The van der Waals surface area contributed by atoms with Crippen LogP contribution in [0.2, 0.25) is 0 Å². The molecular weight excluding hydrogens is 374 g/mol. The van der Waals surface area contributed by atoms with Gasteiger partial charge in [-0.15, -0.1) is 0 Å². The van der Waals surface area contributed by atoms with Gasteiger partial charge >= 0.3 is 0 Å². The monoisotopic (exact) mass is 410 g/mol. The van der Waals surface area contributed by atoms with Crippen LogP contribution in [0.4, 0.5) is 8.78 Å². The molecule has 1 heterocycles. The van der Waals surface area contributed by atoms with Crippen molar-refractivity contribution in [2.45, 2.75) is 78.2 Å². The second kappa shape index (κ2) is 12.2. The Morgan fingerprint density at radius 2 is 1.93 bits per heavy atom. The third-order valence-corrected chi connectivity index (χ3v) is 5.77. The summed E-state index contributed by atoms with van der Waals surface area (Å²) in [5, 5.41) is 0. The summed E-state index contributed by atoms with van der Waals surface area (Å²) in [7, 11) is 1.34. The molecule has 2 unspecified atom stereocenters. The average Bonchev–Trinajstić information content (AvgIpc) is 2.77. The van der Waals surface area contributed by atoms with E-state index in [0.717, 1.165) is 37.2 Å². The molecular formula is C24H36F2O3. The van der Waals surface area contributed by atoms with Crippen molar-refractivity contribution in [2.24, 2.45) is 5.92 Å². The summed E-state index contributed by atoms with van der Waals surface area (Å²) in [6.07, 6.45) is 11.8. The predicted molar refractivity (Wildman–Crippen MR) is 113 cm³/mol. The van der Waals surface area contributed by atoms with Crippen molar-refractivity contribution in [1.82, 2.24) is 0 Å². The SMILES string of the molecule is CCCCC1CCC(COC2=CC=C(/C(CC)=C(F)/C(F)=C(\C)OC)CC2)CO1. The van der Waals surface area contributed by atoms with Gasteiger partial charge in [-0.05, 0) is 56.3 Å². The van der Waals surface area contributed by atoms with E-state index in [0.29, 0.717) is 43.5 Å². The Hall–Kier alpha value is -1.62. The van der Waals surface area contributed by atoms with E-state index in [1.54, 1.807) is 0 Å². The number of hydrogen-bond donors (Lipinski definition) is 0. The molecule has 0 aromatic heterocycles. The van der Waals surface area contributed by atoms with E-state index in [4.69, 9.17) is 14.2 Å². The van der Waals surface area contributed by atoms with Crippen molar-refractivity contribution in [3.8, 4) is 0 Å². The highest BCUT2D eigenvalue weighted by molar-refractivity contribution is 5.43. The smallest absolute Gasteiger partial charge is 0.196 e. The number of allylic oxidation sites excluding steroid dienone is 8. The van der Waals surface area contributed by atoms with Gasteiger partial charge in [0, 0.05) is 12.3 Å². The molecule has 0 aromatic carbocycles. The van der Waals surface area contributed by atoms with Crippen LogP contribution in [0.5, 0.6) is 0 Å². The lowest BCUT2D eigenvalue weighted by molar-refractivity contribution is -0.0384. The highest BCUT2D eigenvalue weighted by atomic mass is 19.2. The first-order chi connectivity index (χ1) is 14.0. The van der Waals surface area contributed by atoms with Crippen LogP contribution < -0.4 is 0 Å². The van der Waals surface area contributed by atoms with Gasteiger partial charge < -0.3 is 14.2 Å². The van der Waals surface area contributed by atoms with Gasteiger partial charge in [-0.1, -0.05) is 32.8 Å². The number of hydrogen-bond acceptors (Lipinski definition) is 3. The molecule has 0 amide bonds. The van der Waals surface area contributed by atoms with Crippen molar-refractivity contribution in [3.05, 3.63) is 46.5 Å². The number of halogens is 2. The van der Waals surface area contributed by atoms with Gasteiger partial charge in [-0.3, -0.25) is 0 Å². The Balaban J connectivity index is 1.90. The zero-order valence-corrected chi connectivity index (χ0v) is 18.4. The standard InChI is InChI=1S/C24H36F2O3/c1-5-7-8-20-12-9-18(15-28-20)16-29-21-13-10-19(11-14-21)22(6-2)24(26)23(25)17(3)27-4/h10,13,18,20H,5-9,11-12,14-16H2,1-4H3/b23-17-,24-22-. The molecule has 0 aromatic rings. The first-order valence-electron chi connectivity index (χ1n) is 10.9. The summed E-state index contributed by atoms with van der Waals surface area (Å²) in [6, 6.07) is 0. The summed E-state index contributed by atoms with van der Waals surface area (Å²) in [5.41, 5.74) is 1.21. The van der Waals surface area contributed by atoms with Gasteiger partial charge in [-0.2, -0.15) is 0 Å². The minimum absolute atomic E-state index is 0.0453. The second-order valence-corrected chi connectivity index (χ2v) is 7.90. The number of ether oxygens (including phenoxy) is 3. The second-order valence-electron chi connectivity index (χ2n) is 7.90. The Morgan fingerprint density at radius 1 is 1.14 bits per heavy atom. The highest BCUT2D eigenvalue weighted by Crippen LogP contribution is 2.33. The number of methoxy groups -OCH3 is 1. The molecule has 1 fully saturated rings. The first-order valence-corrected chi connectivity index (χ1v) is 10.9. The summed E-state index contributed by atoms with van der Waals surface area (Å²) in [4.78, 5) is 0. The molecule has 0 saturated carbocycles. The minimum Gasteiger partial charge on any atom is -0.498 e. The van der Waals surface area contributed by atoms with E-state index < -0.39 is 11.7 Å². The van der Waals surface area contributed by atoms with Crippen LogP contribution >= 0.6 is 0 Å². The first kappa shape index (κ1) is 23.7. The molecule has 1 aliphatic heterocycles. The van der Waals surface area contributed by atoms with Crippen LogP contribution in [0.3, 0.4) is 0 Å². The van der Waals surface area contributed by atoms with Crippen molar-refractivity contribution in [1.29, 1.82) is 0 Å². The van der Waals surface area contributed by atoms with Crippen LogP contribution in [-0.4, -0.2) is 26.4 Å². The van der Waals surface area contributed by atoms with E-state index in [1.165, 1.54) is 26.9 Å². The fourth-order valence-corrected chi connectivity index (χ4v) is 3.77. The Morgan fingerprint density at radius 3 is 2.48 bits per heavy atom. The topological polar surface area (TPSA) is 27.7 Å². The van der Waals surface area contributed by atoms with Crippen LogP contribution in [0.1, 0.15) is 72.1 Å². The summed E-state index contributed by atoms with van der Waals surface area (Å²) in [6.45, 7) is 6.88. The van der Waals surface area contributed by atoms with Crippen molar-refractivity contribution in [3.63, 3.8) is 0 Å². The summed E-state index contributed by atoms with van der Waals surface area (Å²) in [5.74, 6) is -0.463. The van der Waals surface area contributed by atoms with E-state index in [1.807, 2.05) is 19.1 Å². The lowest BCUT2D eigenvalue weighted by atomic mass is 9.93. The van der Waals surface area contributed by atoms with E-state index >= 15 is 0 Å². The summed E-state index contributed by atoms with van der Waals surface area (Å²) >= 11 is 0. The third kappa shape index (κ3) is 6.98. The van der Waals surface area contributed by atoms with E-state index in [-0.39, 0.29) is 5.76 Å². The van der Waals surface area contributed by atoms with Crippen molar-refractivity contribution in [2.75, 3.05) is 20.3 Å². The maximum atomic E-state index is 14.5. The fraction of sp³-hybridized carbons (Fsp3) is 0.667. The highest BCUT2D eigenvalue weighted by Gasteiger charge is 2.23. The number of unbranched alkanes of at least 4 members (excludes halogenated alkanes) is 1. The van der Waals surface area contributed by atoms with Gasteiger partial charge in [-0.25, -0.2) is 8.78 Å². The van der Waals surface area contributed by atoms with E-state index in [2.05, 4.69) is 6.92 Å². The van der Waals surface area contributed by atoms with Gasteiger partial charge in [0.15, 0.2) is 11.7 Å². The molecule has 2 atom stereocenters. The third-order valence-electron chi connectivity index (χ3n) is 5.77. The Kier molecular flexibility index (Phi) is 9.92. The molecule has 164 valence electrons. The molecule has 0 N–H and O–H groups in total. The molecule has 0 spiro atoms. The van der Waals surface area contributed by atoms with Crippen molar-refractivity contribution < 1.29 is 23.0 Å². The molecule has 3 nitrogen and oxygen atoms in total. The lowest BCUT2D eigenvalue weighted by Crippen LogP contribution is -2.28. The molecule has 1 saturated heterocycles. The molecule has 2 rings (SSSR count). The van der Waals surface area contributed by atoms with Crippen LogP contribution in [-0.2, 0) is 14.2 Å². The molecule has 0 bridgehead atoms. The zero-order chi connectivity index (χ0) is 21.2. The van der Waals surface area contributed by atoms with Crippen LogP contribution in [0, 0.1) is 5.92 Å². The molecule has 29 heavy (non-hydrogen) atoms. The van der Waals surface area contributed by atoms with Crippen molar-refractivity contribution >= 4 is 0 Å². The van der Waals surface area contributed by atoms with Gasteiger partial charge in [0.1, 0.15) is 5.76 Å². The molecule has 1 aliphatic carbocycles. The largest absolute Gasteiger partial charge is 0.498 e. The molecule has 5 heteroatoms. The Labute approximate surface area is 174 Å². The quantitative estimate of drug-likeness (QED) is 0.285. The van der Waals surface area contributed by atoms with Crippen LogP contribution in [0.15, 0.2) is 46.5 Å². The minimum atomic E-state index is -0.925. The molecule has 0 radical (unpaired) electrons. The van der Waals surface area contributed by atoms with Gasteiger partial charge in [0.05, 0.1) is 32.2 Å². The summed E-state index contributed by atoms with van der Waals surface area (Å²) < 4.78 is 45.4. The molecule has 2 aliphatic rings. The fourth-order valence-electron chi connectivity index (χ4n) is 3.77. The maximum absolute atomic E-state index is 14.5. The lowest BCUT2D eigenvalue weighted by Gasteiger charge is -2.29. The maximum Gasteiger partial charge on any atom is 0.196 e. The van der Waals surface area contributed by atoms with E-state index in [9.17, 15) is 8.78 Å². The zero-order valence-electron chi connectivity index (χ0n) is 18.4.